The number of carbonyl (C=O) groups is 1. The molecule has 2 N–H and O–H groups in total. The maximum absolute atomic E-state index is 12.4. The van der Waals surface area contributed by atoms with E-state index < -0.39 is 0 Å². The lowest BCUT2D eigenvalue weighted by Crippen LogP contribution is -2.17. The number of rotatable bonds is 3. The predicted octanol–water partition coefficient (Wildman–Crippen LogP) is 2.10. The Balaban J connectivity index is 1.83. The van der Waals surface area contributed by atoms with Crippen LogP contribution in [0.4, 0.5) is 5.69 Å². The zero-order valence-corrected chi connectivity index (χ0v) is 13.2. The van der Waals surface area contributed by atoms with Gasteiger partial charge in [0, 0.05) is 30.4 Å². The zero-order valence-electron chi connectivity index (χ0n) is 13.2. The molecule has 120 valence electrons. The Kier molecular flexibility index (Phi) is 4.15. The lowest BCUT2D eigenvalue weighted by atomic mass is 10.2. The van der Waals surface area contributed by atoms with E-state index in [1.807, 2.05) is 6.07 Å². The summed E-state index contributed by atoms with van der Waals surface area (Å²) in [5.74, 6) is 0.101. The number of aromatic nitrogens is 4. The number of pyridine rings is 2. The molecular formula is C17H15N5O2. The maximum atomic E-state index is 12.4. The van der Waals surface area contributed by atoms with Crippen molar-refractivity contribution in [3.05, 3.63) is 70.0 Å². The Bertz CT molecular complexity index is 907. The Labute approximate surface area is 137 Å². The highest BCUT2D eigenvalue weighted by Gasteiger charge is 2.12. The quantitative estimate of drug-likeness (QED) is 0.769. The van der Waals surface area contributed by atoms with Crippen molar-refractivity contribution in [3.63, 3.8) is 0 Å². The fourth-order valence-electron chi connectivity index (χ4n) is 2.30. The second-order valence-corrected chi connectivity index (χ2v) is 5.28. The Morgan fingerprint density at radius 2 is 1.88 bits per heavy atom. The van der Waals surface area contributed by atoms with Crippen LogP contribution in [0.25, 0.3) is 11.5 Å². The first-order chi connectivity index (χ1) is 11.5. The SMILES string of the molecule is Cc1cc(=O)[nH]c(C)c1NC(=O)c1cnc(-c2ccccn2)nc1. The van der Waals surface area contributed by atoms with Crippen LogP contribution in [0.15, 0.2) is 47.7 Å². The first-order valence-corrected chi connectivity index (χ1v) is 7.30. The summed E-state index contributed by atoms with van der Waals surface area (Å²) in [5, 5.41) is 2.78. The number of nitrogens with one attached hydrogen (secondary N) is 2. The number of aromatic amines is 1. The topological polar surface area (TPSA) is 101 Å². The van der Waals surface area contributed by atoms with Crippen LogP contribution in [-0.2, 0) is 0 Å². The molecule has 0 saturated carbocycles. The standard InChI is InChI=1S/C17H15N5O2/c1-10-7-14(23)21-11(2)15(10)22-17(24)12-8-19-16(20-9-12)13-5-3-4-6-18-13/h3-9H,1-2H3,(H,21,23)(H,22,24). The number of aryl methyl sites for hydroxylation is 2. The lowest BCUT2D eigenvalue weighted by molar-refractivity contribution is 0.102. The van der Waals surface area contributed by atoms with Crippen molar-refractivity contribution in [1.29, 1.82) is 0 Å². The summed E-state index contributed by atoms with van der Waals surface area (Å²) in [6, 6.07) is 6.87. The summed E-state index contributed by atoms with van der Waals surface area (Å²) in [6.07, 6.45) is 4.55. The van der Waals surface area contributed by atoms with Crippen molar-refractivity contribution < 1.29 is 4.79 Å². The van der Waals surface area contributed by atoms with Crippen molar-refractivity contribution in [3.8, 4) is 11.5 Å². The third-order valence-corrected chi connectivity index (χ3v) is 3.47. The van der Waals surface area contributed by atoms with E-state index in [0.29, 0.717) is 34.0 Å². The maximum Gasteiger partial charge on any atom is 0.258 e. The van der Waals surface area contributed by atoms with Crippen molar-refractivity contribution in [2.24, 2.45) is 0 Å². The molecule has 0 bridgehead atoms. The molecule has 0 saturated heterocycles. The van der Waals surface area contributed by atoms with E-state index in [4.69, 9.17) is 0 Å². The molecule has 0 unspecified atom stereocenters. The monoisotopic (exact) mass is 321 g/mol. The van der Waals surface area contributed by atoms with Crippen LogP contribution < -0.4 is 10.9 Å². The molecule has 3 heterocycles. The van der Waals surface area contributed by atoms with Crippen LogP contribution in [0.5, 0.6) is 0 Å². The van der Waals surface area contributed by atoms with Crippen LogP contribution in [0.1, 0.15) is 21.6 Å². The van der Waals surface area contributed by atoms with Gasteiger partial charge in [-0.25, -0.2) is 9.97 Å². The summed E-state index contributed by atoms with van der Waals surface area (Å²) in [5.41, 5.74) is 2.62. The van der Waals surface area contributed by atoms with Crippen LogP contribution in [0, 0.1) is 13.8 Å². The zero-order chi connectivity index (χ0) is 17.1. The van der Waals surface area contributed by atoms with Crippen LogP contribution >= 0.6 is 0 Å². The molecule has 7 nitrogen and oxygen atoms in total. The summed E-state index contributed by atoms with van der Waals surface area (Å²) in [6.45, 7) is 3.49. The van der Waals surface area contributed by atoms with Gasteiger partial charge in [0.15, 0.2) is 5.82 Å². The Hall–Kier alpha value is -3.35. The molecule has 0 aliphatic rings. The number of H-pyrrole nitrogens is 1. The van der Waals surface area contributed by atoms with Crippen molar-refractivity contribution in [2.75, 3.05) is 5.32 Å². The molecule has 7 heteroatoms. The van der Waals surface area contributed by atoms with Gasteiger partial charge in [-0.15, -0.1) is 0 Å². The number of carbonyl (C=O) groups excluding carboxylic acids is 1. The first kappa shape index (κ1) is 15.5. The molecule has 3 aromatic heterocycles. The molecule has 1 amide bonds. The first-order valence-electron chi connectivity index (χ1n) is 7.30. The van der Waals surface area contributed by atoms with E-state index in [1.165, 1.54) is 18.5 Å². The average Bonchev–Trinajstić information content (AvgIpc) is 2.59. The second kappa shape index (κ2) is 6.41. The molecule has 0 fully saturated rings. The van der Waals surface area contributed by atoms with E-state index in [-0.39, 0.29) is 11.5 Å². The summed E-state index contributed by atoms with van der Waals surface area (Å²) < 4.78 is 0. The van der Waals surface area contributed by atoms with Gasteiger partial charge in [-0.1, -0.05) is 6.07 Å². The van der Waals surface area contributed by atoms with Gasteiger partial charge in [0.05, 0.1) is 11.3 Å². The highest BCUT2D eigenvalue weighted by molar-refractivity contribution is 6.04. The minimum absolute atomic E-state index is 0.203. The molecule has 0 aliphatic heterocycles. The van der Waals surface area contributed by atoms with Gasteiger partial charge in [-0.3, -0.25) is 14.6 Å². The number of hydrogen-bond donors (Lipinski definition) is 2. The van der Waals surface area contributed by atoms with E-state index >= 15 is 0 Å². The van der Waals surface area contributed by atoms with Crippen molar-refractivity contribution in [2.45, 2.75) is 13.8 Å². The lowest BCUT2D eigenvalue weighted by Gasteiger charge is -2.10. The smallest absolute Gasteiger partial charge is 0.258 e. The largest absolute Gasteiger partial charge is 0.324 e. The summed E-state index contributed by atoms with van der Waals surface area (Å²) in [7, 11) is 0. The molecule has 0 atom stereocenters. The van der Waals surface area contributed by atoms with Crippen LogP contribution in [-0.4, -0.2) is 25.8 Å². The Morgan fingerprint density at radius 1 is 1.12 bits per heavy atom. The Morgan fingerprint density at radius 3 is 2.50 bits per heavy atom. The van der Waals surface area contributed by atoms with Crippen molar-refractivity contribution in [1.82, 2.24) is 19.9 Å². The van der Waals surface area contributed by atoms with Gasteiger partial charge >= 0.3 is 0 Å². The van der Waals surface area contributed by atoms with Crippen LogP contribution in [0.2, 0.25) is 0 Å². The molecule has 0 aliphatic carbocycles. The molecule has 0 spiro atoms. The highest BCUT2D eigenvalue weighted by atomic mass is 16.1. The number of nitrogens with zero attached hydrogens (tertiary/aromatic N) is 3. The van der Waals surface area contributed by atoms with Gasteiger partial charge in [-0.2, -0.15) is 0 Å². The number of amides is 1. The van der Waals surface area contributed by atoms with Gasteiger partial charge in [0.2, 0.25) is 5.56 Å². The molecule has 0 radical (unpaired) electrons. The van der Waals surface area contributed by atoms with Crippen LogP contribution in [0.3, 0.4) is 0 Å². The highest BCUT2D eigenvalue weighted by Crippen LogP contribution is 2.17. The third kappa shape index (κ3) is 3.19. The fourth-order valence-corrected chi connectivity index (χ4v) is 2.30. The fraction of sp³-hybridized carbons (Fsp3) is 0.118. The van der Waals surface area contributed by atoms with E-state index in [2.05, 4.69) is 25.3 Å². The molecular weight excluding hydrogens is 306 g/mol. The predicted molar refractivity (Wildman–Crippen MR) is 89.8 cm³/mol. The molecule has 0 aromatic carbocycles. The normalized spacial score (nSPS) is 10.4. The van der Waals surface area contributed by atoms with Crippen molar-refractivity contribution >= 4 is 11.6 Å². The molecule has 3 rings (SSSR count). The number of hydrogen-bond acceptors (Lipinski definition) is 5. The minimum atomic E-state index is -0.346. The minimum Gasteiger partial charge on any atom is -0.324 e. The average molecular weight is 321 g/mol. The van der Waals surface area contributed by atoms with E-state index in [9.17, 15) is 9.59 Å². The van der Waals surface area contributed by atoms with E-state index in [0.717, 1.165) is 0 Å². The molecule has 24 heavy (non-hydrogen) atoms. The van der Waals surface area contributed by atoms with Gasteiger partial charge in [-0.05, 0) is 31.5 Å². The van der Waals surface area contributed by atoms with E-state index in [1.54, 1.807) is 32.2 Å². The number of anilines is 1. The third-order valence-electron chi connectivity index (χ3n) is 3.47. The second-order valence-electron chi connectivity index (χ2n) is 5.28. The van der Waals surface area contributed by atoms with Gasteiger partial charge in [0.25, 0.3) is 5.91 Å². The van der Waals surface area contributed by atoms with Gasteiger partial charge in [0.1, 0.15) is 5.69 Å². The summed E-state index contributed by atoms with van der Waals surface area (Å²) in [4.78, 5) is 38.9. The van der Waals surface area contributed by atoms with Gasteiger partial charge < -0.3 is 10.3 Å². The molecule has 3 aromatic rings. The summed E-state index contributed by atoms with van der Waals surface area (Å²) >= 11 is 0.